The molecule has 2 fully saturated rings. The van der Waals surface area contributed by atoms with Gasteiger partial charge in [-0.05, 0) is 25.8 Å². The van der Waals surface area contributed by atoms with Gasteiger partial charge in [0.15, 0.2) is 0 Å². The number of rotatable bonds is 6. The topological polar surface area (TPSA) is 87.9 Å². The summed E-state index contributed by atoms with van der Waals surface area (Å²) in [5.41, 5.74) is 2.81. The second-order valence-corrected chi connectivity index (χ2v) is 8.38. The van der Waals surface area contributed by atoms with E-state index in [0.29, 0.717) is 17.8 Å². The van der Waals surface area contributed by atoms with E-state index in [4.69, 9.17) is 4.74 Å². The van der Waals surface area contributed by atoms with Gasteiger partial charge in [-0.25, -0.2) is 0 Å². The molecule has 0 saturated carbocycles. The first-order valence-corrected chi connectivity index (χ1v) is 11.0. The van der Waals surface area contributed by atoms with Crippen molar-refractivity contribution in [3.05, 3.63) is 58.4 Å². The molecule has 0 spiro atoms. The summed E-state index contributed by atoms with van der Waals surface area (Å²) >= 11 is 0. The van der Waals surface area contributed by atoms with E-state index in [0.717, 1.165) is 50.5 Å². The number of hydrogen-bond donors (Lipinski definition) is 1. The average Bonchev–Trinajstić information content (AvgIpc) is 3.20. The summed E-state index contributed by atoms with van der Waals surface area (Å²) in [4.78, 5) is 30.1. The van der Waals surface area contributed by atoms with Crippen LogP contribution in [0.3, 0.4) is 0 Å². The van der Waals surface area contributed by atoms with Crippen molar-refractivity contribution in [2.75, 3.05) is 39.4 Å². The van der Waals surface area contributed by atoms with Gasteiger partial charge in [0.1, 0.15) is 5.76 Å². The molecule has 170 valence electrons. The second-order valence-electron chi connectivity index (χ2n) is 8.38. The Kier molecular flexibility index (Phi) is 6.43. The lowest BCUT2D eigenvalue weighted by Gasteiger charge is -2.29. The van der Waals surface area contributed by atoms with Gasteiger partial charge < -0.3 is 14.7 Å². The minimum atomic E-state index is -0.648. The van der Waals surface area contributed by atoms with Crippen LogP contribution in [-0.2, 0) is 21.4 Å². The molecule has 8 heteroatoms. The SMILES string of the molecule is Cc1nn(C)c(C)c1C(O)=C1C(=O)C(=O)N(CCCN2CCOCC2)C1c1ccccc1. The number of ether oxygens (including phenoxy) is 1. The van der Waals surface area contributed by atoms with Crippen molar-refractivity contribution < 1.29 is 19.4 Å². The molecule has 0 aliphatic carbocycles. The lowest BCUT2D eigenvalue weighted by Crippen LogP contribution is -2.38. The van der Waals surface area contributed by atoms with Gasteiger partial charge in [-0.2, -0.15) is 5.10 Å². The summed E-state index contributed by atoms with van der Waals surface area (Å²) in [5.74, 6) is -1.37. The Labute approximate surface area is 188 Å². The van der Waals surface area contributed by atoms with Crippen LogP contribution in [-0.4, -0.2) is 75.8 Å². The third-order valence-corrected chi connectivity index (χ3v) is 6.38. The van der Waals surface area contributed by atoms with Crippen molar-refractivity contribution in [1.82, 2.24) is 19.6 Å². The van der Waals surface area contributed by atoms with Gasteiger partial charge in [0, 0.05) is 38.9 Å². The van der Waals surface area contributed by atoms with Gasteiger partial charge in [-0.15, -0.1) is 0 Å². The van der Waals surface area contributed by atoms with Crippen LogP contribution in [0.15, 0.2) is 35.9 Å². The summed E-state index contributed by atoms with van der Waals surface area (Å²) in [7, 11) is 1.79. The summed E-state index contributed by atoms with van der Waals surface area (Å²) in [6.45, 7) is 8.08. The Balaban J connectivity index is 1.69. The predicted octanol–water partition coefficient (Wildman–Crippen LogP) is 2.18. The first-order chi connectivity index (χ1) is 15.4. The van der Waals surface area contributed by atoms with Crippen LogP contribution >= 0.6 is 0 Å². The van der Waals surface area contributed by atoms with Crippen LogP contribution in [0.25, 0.3) is 5.76 Å². The Bertz CT molecular complexity index is 1040. The van der Waals surface area contributed by atoms with E-state index in [1.165, 1.54) is 0 Å². The zero-order valence-corrected chi connectivity index (χ0v) is 18.9. The van der Waals surface area contributed by atoms with Crippen molar-refractivity contribution >= 4 is 17.4 Å². The van der Waals surface area contributed by atoms with E-state index in [1.807, 2.05) is 37.3 Å². The molecule has 32 heavy (non-hydrogen) atoms. The van der Waals surface area contributed by atoms with Crippen LogP contribution in [0, 0.1) is 13.8 Å². The third-order valence-electron chi connectivity index (χ3n) is 6.38. The van der Waals surface area contributed by atoms with E-state index in [2.05, 4.69) is 10.00 Å². The fourth-order valence-electron chi connectivity index (χ4n) is 4.63. The number of morpholine rings is 1. The fourth-order valence-corrected chi connectivity index (χ4v) is 4.63. The molecule has 1 atom stereocenters. The van der Waals surface area contributed by atoms with Gasteiger partial charge in [0.05, 0.1) is 36.1 Å². The van der Waals surface area contributed by atoms with E-state index < -0.39 is 17.7 Å². The summed E-state index contributed by atoms with van der Waals surface area (Å²) < 4.78 is 7.06. The molecular formula is C24H30N4O4. The number of Topliss-reactive ketones (excluding diaryl/α,β-unsaturated/α-hetero) is 1. The number of ketones is 1. The number of amides is 1. The molecule has 2 saturated heterocycles. The number of nitrogens with zero attached hydrogens (tertiary/aromatic N) is 4. The molecule has 1 N–H and O–H groups in total. The van der Waals surface area contributed by atoms with Crippen LogP contribution in [0.2, 0.25) is 0 Å². The van der Waals surface area contributed by atoms with Crippen molar-refractivity contribution in [3.8, 4) is 0 Å². The normalized spacial score (nSPS) is 21.5. The molecule has 3 heterocycles. The number of carbonyl (C=O) groups is 2. The van der Waals surface area contributed by atoms with E-state index >= 15 is 0 Å². The highest BCUT2D eigenvalue weighted by Crippen LogP contribution is 2.40. The van der Waals surface area contributed by atoms with E-state index in [1.54, 1.807) is 23.6 Å². The first-order valence-electron chi connectivity index (χ1n) is 11.0. The van der Waals surface area contributed by atoms with E-state index in [-0.39, 0.29) is 11.3 Å². The quantitative estimate of drug-likeness (QED) is 0.423. The molecule has 0 bridgehead atoms. The molecule has 1 amide bonds. The van der Waals surface area contributed by atoms with Crippen molar-refractivity contribution in [3.63, 3.8) is 0 Å². The van der Waals surface area contributed by atoms with Gasteiger partial charge >= 0.3 is 0 Å². The number of aromatic nitrogens is 2. The van der Waals surface area contributed by atoms with Gasteiger partial charge in [-0.1, -0.05) is 30.3 Å². The summed E-state index contributed by atoms with van der Waals surface area (Å²) in [6.07, 6.45) is 0.737. The first kappa shape index (κ1) is 22.2. The minimum Gasteiger partial charge on any atom is -0.507 e. The Morgan fingerprint density at radius 2 is 1.81 bits per heavy atom. The Hall–Kier alpha value is -2.97. The van der Waals surface area contributed by atoms with Crippen LogP contribution in [0.1, 0.15) is 35.0 Å². The number of aryl methyl sites for hydroxylation is 2. The average molecular weight is 439 g/mol. The highest BCUT2D eigenvalue weighted by atomic mass is 16.5. The molecule has 0 radical (unpaired) electrons. The molecular weight excluding hydrogens is 408 g/mol. The largest absolute Gasteiger partial charge is 0.507 e. The maximum atomic E-state index is 13.1. The Morgan fingerprint density at radius 3 is 2.44 bits per heavy atom. The summed E-state index contributed by atoms with van der Waals surface area (Å²) in [5, 5.41) is 15.6. The maximum absolute atomic E-state index is 13.1. The van der Waals surface area contributed by atoms with Crippen molar-refractivity contribution in [1.29, 1.82) is 0 Å². The summed E-state index contributed by atoms with van der Waals surface area (Å²) in [6, 6.07) is 8.81. The second kappa shape index (κ2) is 9.26. The number of aliphatic hydroxyl groups excluding tert-OH is 1. The zero-order chi connectivity index (χ0) is 22.8. The number of carbonyl (C=O) groups excluding carboxylic acids is 2. The fraction of sp³-hybridized carbons (Fsp3) is 0.458. The van der Waals surface area contributed by atoms with Crippen LogP contribution < -0.4 is 0 Å². The lowest BCUT2D eigenvalue weighted by molar-refractivity contribution is -0.140. The minimum absolute atomic E-state index is 0.131. The highest BCUT2D eigenvalue weighted by Gasteiger charge is 2.46. The maximum Gasteiger partial charge on any atom is 0.295 e. The smallest absolute Gasteiger partial charge is 0.295 e. The van der Waals surface area contributed by atoms with Crippen LogP contribution in [0.5, 0.6) is 0 Å². The number of benzene rings is 1. The third kappa shape index (κ3) is 4.08. The van der Waals surface area contributed by atoms with Gasteiger partial charge in [-0.3, -0.25) is 19.2 Å². The molecule has 4 rings (SSSR count). The zero-order valence-electron chi connectivity index (χ0n) is 18.9. The van der Waals surface area contributed by atoms with Gasteiger partial charge in [0.2, 0.25) is 0 Å². The molecule has 1 unspecified atom stereocenters. The van der Waals surface area contributed by atoms with Gasteiger partial charge in [0.25, 0.3) is 11.7 Å². The van der Waals surface area contributed by atoms with Crippen molar-refractivity contribution in [2.45, 2.75) is 26.3 Å². The van der Waals surface area contributed by atoms with E-state index in [9.17, 15) is 14.7 Å². The standard InChI is InChI=1S/C24H30N4O4/c1-16-19(17(2)26(3)25-16)22(29)20-21(18-8-5-4-6-9-18)28(24(31)23(20)30)11-7-10-27-12-14-32-15-13-27/h4-6,8-9,21,29H,7,10-15H2,1-3H3. The molecule has 2 aliphatic heterocycles. The van der Waals surface area contributed by atoms with Crippen molar-refractivity contribution in [2.24, 2.45) is 7.05 Å². The molecule has 8 nitrogen and oxygen atoms in total. The molecule has 1 aromatic carbocycles. The molecule has 1 aromatic heterocycles. The lowest BCUT2D eigenvalue weighted by atomic mass is 9.94. The Morgan fingerprint density at radius 1 is 1.12 bits per heavy atom. The number of likely N-dealkylation sites (tertiary alicyclic amines) is 1. The predicted molar refractivity (Wildman–Crippen MR) is 120 cm³/mol. The molecule has 2 aromatic rings. The monoisotopic (exact) mass is 438 g/mol. The highest BCUT2D eigenvalue weighted by molar-refractivity contribution is 6.46. The van der Waals surface area contributed by atoms with Crippen LogP contribution in [0.4, 0.5) is 0 Å². The molecule has 2 aliphatic rings. The number of aliphatic hydroxyl groups is 1. The number of hydrogen-bond acceptors (Lipinski definition) is 6.